The van der Waals surface area contributed by atoms with E-state index in [1.54, 1.807) is 12.1 Å². The van der Waals surface area contributed by atoms with Crippen molar-refractivity contribution in [3.05, 3.63) is 34.2 Å². The molecule has 1 aromatic heterocycles. The number of benzene rings is 1. The Kier molecular flexibility index (Phi) is 3.64. The highest BCUT2D eigenvalue weighted by Gasteiger charge is 2.11. The first-order valence-electron chi connectivity index (χ1n) is 6.17. The van der Waals surface area contributed by atoms with Gasteiger partial charge < -0.3 is 4.42 Å². The number of para-hydroxylation sites is 1. The van der Waals surface area contributed by atoms with Crippen LogP contribution in [-0.2, 0) is 4.79 Å². The van der Waals surface area contributed by atoms with E-state index in [4.69, 9.17) is 4.42 Å². The van der Waals surface area contributed by atoms with E-state index >= 15 is 0 Å². The van der Waals surface area contributed by atoms with E-state index in [1.165, 1.54) is 0 Å². The Morgan fingerprint density at radius 1 is 1.42 bits per heavy atom. The molecule has 2 aromatic rings. The SMILES string of the molecule is Cc1cccc2c(=O)oc(NC(=O)CC(C)C)nc12. The van der Waals surface area contributed by atoms with Gasteiger partial charge in [-0.05, 0) is 24.5 Å². The molecule has 1 heterocycles. The van der Waals surface area contributed by atoms with Gasteiger partial charge in [-0.25, -0.2) is 4.79 Å². The fraction of sp³-hybridized carbons (Fsp3) is 0.357. The molecule has 0 fully saturated rings. The van der Waals surface area contributed by atoms with Crippen molar-refractivity contribution < 1.29 is 9.21 Å². The number of anilines is 1. The van der Waals surface area contributed by atoms with E-state index in [0.717, 1.165) is 5.56 Å². The largest absolute Gasteiger partial charge is 0.388 e. The number of amides is 1. The van der Waals surface area contributed by atoms with Gasteiger partial charge in [-0.1, -0.05) is 26.0 Å². The van der Waals surface area contributed by atoms with Crippen molar-refractivity contribution in [2.45, 2.75) is 27.2 Å². The number of fused-ring (bicyclic) bond motifs is 1. The number of nitrogens with zero attached hydrogens (tertiary/aromatic N) is 1. The fourth-order valence-corrected chi connectivity index (χ4v) is 1.83. The van der Waals surface area contributed by atoms with Crippen LogP contribution in [-0.4, -0.2) is 10.9 Å². The minimum absolute atomic E-state index is 0.0440. The Labute approximate surface area is 110 Å². The molecular weight excluding hydrogens is 244 g/mol. The molecule has 19 heavy (non-hydrogen) atoms. The zero-order valence-corrected chi connectivity index (χ0v) is 11.2. The van der Waals surface area contributed by atoms with Crippen LogP contribution in [0, 0.1) is 12.8 Å². The summed E-state index contributed by atoms with van der Waals surface area (Å²) in [6.45, 7) is 5.73. The van der Waals surface area contributed by atoms with E-state index < -0.39 is 5.63 Å². The lowest BCUT2D eigenvalue weighted by atomic mass is 10.1. The molecule has 0 saturated heterocycles. The van der Waals surface area contributed by atoms with E-state index in [-0.39, 0.29) is 17.8 Å². The van der Waals surface area contributed by atoms with Crippen LogP contribution in [0.2, 0.25) is 0 Å². The van der Waals surface area contributed by atoms with Crippen molar-refractivity contribution >= 4 is 22.8 Å². The Morgan fingerprint density at radius 3 is 2.84 bits per heavy atom. The topological polar surface area (TPSA) is 72.2 Å². The lowest BCUT2D eigenvalue weighted by molar-refractivity contribution is -0.117. The Morgan fingerprint density at radius 2 is 2.16 bits per heavy atom. The monoisotopic (exact) mass is 260 g/mol. The van der Waals surface area contributed by atoms with Gasteiger partial charge in [0.25, 0.3) is 0 Å². The van der Waals surface area contributed by atoms with Gasteiger partial charge in [0.1, 0.15) is 0 Å². The van der Waals surface area contributed by atoms with Crippen LogP contribution >= 0.6 is 0 Å². The van der Waals surface area contributed by atoms with Gasteiger partial charge in [0.05, 0.1) is 10.9 Å². The minimum atomic E-state index is -0.492. The number of hydrogen-bond acceptors (Lipinski definition) is 4. The van der Waals surface area contributed by atoms with Gasteiger partial charge >= 0.3 is 11.6 Å². The number of carbonyl (C=O) groups excluding carboxylic acids is 1. The summed E-state index contributed by atoms with van der Waals surface area (Å²) in [6, 6.07) is 5.24. The maximum atomic E-state index is 11.8. The van der Waals surface area contributed by atoms with E-state index in [1.807, 2.05) is 26.8 Å². The molecule has 0 unspecified atom stereocenters. The standard InChI is InChI=1S/C14H16N2O3/c1-8(2)7-11(17)15-14-16-12-9(3)5-4-6-10(12)13(18)19-14/h4-6,8H,7H2,1-3H3,(H,15,16,17). The molecule has 1 amide bonds. The van der Waals surface area contributed by atoms with E-state index in [0.29, 0.717) is 17.3 Å². The van der Waals surface area contributed by atoms with Crippen molar-refractivity contribution in [1.82, 2.24) is 4.98 Å². The normalized spacial score (nSPS) is 10.9. The maximum absolute atomic E-state index is 11.8. The number of carbonyl (C=O) groups is 1. The highest BCUT2D eigenvalue weighted by Crippen LogP contribution is 2.15. The van der Waals surface area contributed by atoms with Crippen molar-refractivity contribution in [3.8, 4) is 0 Å². The van der Waals surface area contributed by atoms with E-state index in [2.05, 4.69) is 10.3 Å². The summed E-state index contributed by atoms with van der Waals surface area (Å²) in [5.74, 6) is 0.0208. The maximum Gasteiger partial charge on any atom is 0.348 e. The molecule has 0 aliphatic rings. The summed E-state index contributed by atoms with van der Waals surface area (Å²) < 4.78 is 5.00. The highest BCUT2D eigenvalue weighted by molar-refractivity contribution is 5.90. The Balaban J connectivity index is 2.38. The predicted molar refractivity (Wildman–Crippen MR) is 73.1 cm³/mol. The molecule has 0 saturated carbocycles. The molecule has 5 nitrogen and oxygen atoms in total. The zero-order chi connectivity index (χ0) is 14.0. The molecule has 0 aliphatic heterocycles. The molecule has 0 bridgehead atoms. The molecule has 1 N–H and O–H groups in total. The summed E-state index contributed by atoms with van der Waals surface area (Å²) in [4.78, 5) is 27.6. The molecular formula is C14H16N2O3. The van der Waals surface area contributed by atoms with Gasteiger partial charge in [0.2, 0.25) is 5.91 Å². The Bertz CT molecular complexity index is 674. The van der Waals surface area contributed by atoms with E-state index in [9.17, 15) is 9.59 Å². The summed E-state index contributed by atoms with van der Waals surface area (Å²) in [5, 5.41) is 2.94. The zero-order valence-electron chi connectivity index (χ0n) is 11.2. The first kappa shape index (κ1) is 13.3. The molecule has 0 radical (unpaired) electrons. The second-order valence-electron chi connectivity index (χ2n) is 4.92. The summed E-state index contributed by atoms with van der Waals surface area (Å²) >= 11 is 0. The fourth-order valence-electron chi connectivity index (χ4n) is 1.83. The van der Waals surface area contributed by atoms with Crippen molar-refractivity contribution in [2.24, 2.45) is 5.92 Å². The molecule has 0 spiro atoms. The third-order valence-corrected chi connectivity index (χ3v) is 2.70. The first-order valence-corrected chi connectivity index (χ1v) is 6.17. The summed E-state index contributed by atoms with van der Waals surface area (Å²) in [5.41, 5.74) is 0.928. The molecule has 2 rings (SSSR count). The van der Waals surface area contributed by atoms with Crippen LogP contribution in [0.1, 0.15) is 25.8 Å². The van der Waals surface area contributed by atoms with Gasteiger partial charge in [0.15, 0.2) is 0 Å². The van der Waals surface area contributed by atoms with Crippen molar-refractivity contribution in [3.63, 3.8) is 0 Å². The highest BCUT2D eigenvalue weighted by atomic mass is 16.4. The lowest BCUT2D eigenvalue weighted by Gasteiger charge is -2.06. The van der Waals surface area contributed by atoms with Crippen LogP contribution in [0.25, 0.3) is 10.9 Å². The molecule has 0 aliphatic carbocycles. The second-order valence-corrected chi connectivity index (χ2v) is 4.92. The Hall–Kier alpha value is -2.17. The summed E-state index contributed by atoms with van der Waals surface area (Å²) in [6.07, 6.45) is 0.358. The van der Waals surface area contributed by atoms with Crippen LogP contribution in [0.4, 0.5) is 6.01 Å². The number of hydrogen-bond donors (Lipinski definition) is 1. The molecule has 1 aromatic carbocycles. The van der Waals surface area contributed by atoms with Crippen molar-refractivity contribution in [2.75, 3.05) is 5.32 Å². The average molecular weight is 260 g/mol. The molecule has 5 heteroatoms. The van der Waals surface area contributed by atoms with Crippen LogP contribution < -0.4 is 10.9 Å². The number of aromatic nitrogens is 1. The molecule has 0 atom stereocenters. The third kappa shape index (κ3) is 2.99. The number of aryl methyl sites for hydroxylation is 1. The van der Waals surface area contributed by atoms with Gasteiger partial charge in [-0.2, -0.15) is 4.98 Å². The first-order chi connectivity index (χ1) is 8.97. The van der Waals surface area contributed by atoms with Gasteiger partial charge in [-0.3, -0.25) is 10.1 Å². The number of rotatable bonds is 3. The summed E-state index contributed by atoms with van der Waals surface area (Å²) in [7, 11) is 0. The minimum Gasteiger partial charge on any atom is -0.388 e. The molecule has 100 valence electrons. The smallest absolute Gasteiger partial charge is 0.348 e. The van der Waals surface area contributed by atoms with Gasteiger partial charge in [-0.15, -0.1) is 0 Å². The van der Waals surface area contributed by atoms with Crippen LogP contribution in [0.3, 0.4) is 0 Å². The van der Waals surface area contributed by atoms with Gasteiger partial charge in [0, 0.05) is 6.42 Å². The third-order valence-electron chi connectivity index (χ3n) is 2.70. The lowest BCUT2D eigenvalue weighted by Crippen LogP contribution is -2.16. The number of nitrogens with one attached hydrogen (secondary N) is 1. The van der Waals surface area contributed by atoms with Crippen molar-refractivity contribution in [1.29, 1.82) is 0 Å². The van der Waals surface area contributed by atoms with Crippen LogP contribution in [0.15, 0.2) is 27.4 Å². The average Bonchev–Trinajstić information content (AvgIpc) is 2.29. The second kappa shape index (κ2) is 5.22. The van der Waals surface area contributed by atoms with Crippen LogP contribution in [0.5, 0.6) is 0 Å². The predicted octanol–water partition coefficient (Wildman–Crippen LogP) is 2.48. The quantitative estimate of drug-likeness (QED) is 0.920.